The molecule has 0 saturated heterocycles. The number of nitrogens with zero attached hydrogens (tertiary/aromatic N) is 3. The average Bonchev–Trinajstić information content (AvgIpc) is 3.38. The topological polar surface area (TPSA) is 86.4 Å². The lowest BCUT2D eigenvalue weighted by molar-refractivity contribution is 0.0528. The Morgan fingerprint density at radius 1 is 1.31 bits per heavy atom. The van der Waals surface area contributed by atoms with Crippen molar-refractivity contribution in [3.63, 3.8) is 0 Å². The highest BCUT2D eigenvalue weighted by Crippen LogP contribution is 2.41. The van der Waals surface area contributed by atoms with Crippen LogP contribution < -0.4 is 0 Å². The Hall–Kier alpha value is -3.24. The molecular formula is C25H23BrFN3O4S. The number of fused-ring (bicyclic) bond motifs is 1. The van der Waals surface area contributed by atoms with E-state index >= 15 is 4.39 Å². The monoisotopic (exact) mass is 559 g/mol. The van der Waals surface area contributed by atoms with Crippen molar-refractivity contribution in [2.75, 3.05) is 6.61 Å². The molecule has 2 aromatic carbocycles. The number of alkyl halides is 1. The van der Waals surface area contributed by atoms with Crippen molar-refractivity contribution in [1.82, 2.24) is 14.1 Å². The number of imidazole rings is 1. The number of benzene rings is 2. The van der Waals surface area contributed by atoms with Crippen LogP contribution in [-0.4, -0.2) is 40.9 Å². The second-order valence-electron chi connectivity index (χ2n) is 7.91. The predicted octanol–water partition coefficient (Wildman–Crippen LogP) is 4.82. The highest BCUT2D eigenvalue weighted by molar-refractivity contribution is 9.10. The van der Waals surface area contributed by atoms with Crippen molar-refractivity contribution in [1.29, 1.82) is 0 Å². The molecule has 1 atom stereocenters. The van der Waals surface area contributed by atoms with Crippen LogP contribution in [0.25, 0.3) is 10.9 Å². The van der Waals surface area contributed by atoms with Crippen LogP contribution in [0, 0.1) is 6.92 Å². The summed E-state index contributed by atoms with van der Waals surface area (Å²) < 4.78 is 37.2. The number of ether oxygens (including phenoxy) is 1. The van der Waals surface area contributed by atoms with Gasteiger partial charge in [0.2, 0.25) is 0 Å². The van der Waals surface area contributed by atoms with Crippen molar-refractivity contribution < 1.29 is 23.2 Å². The SMILES string of the molecule is CCOC(=O)c1c(C(=S=O)C(F)c2ccccc2)n(C)c2cc(Br)c(O)c(Cn3ccnc3C)c12. The number of esters is 1. The van der Waals surface area contributed by atoms with Gasteiger partial charge in [0.05, 0.1) is 45.7 Å². The standard InChI is InChI=1S/C25H23BrFN3O4S/c1-4-34-25(32)20-19-16(13-30-11-10-28-14(30)2)23(31)17(26)12-18(19)29(3)22(20)24(35-33)21(27)15-8-6-5-7-9-15/h5-12,21,31H,4,13H2,1-3H3. The minimum Gasteiger partial charge on any atom is -0.506 e. The second kappa shape index (κ2) is 10.2. The van der Waals surface area contributed by atoms with Gasteiger partial charge in [0.25, 0.3) is 0 Å². The summed E-state index contributed by atoms with van der Waals surface area (Å²) in [6, 6.07) is 9.94. The van der Waals surface area contributed by atoms with Gasteiger partial charge >= 0.3 is 5.97 Å². The molecule has 1 N–H and O–H groups in total. The Kier molecular flexibility index (Phi) is 7.23. The van der Waals surface area contributed by atoms with E-state index in [0.717, 1.165) is 0 Å². The van der Waals surface area contributed by atoms with Gasteiger partial charge in [-0.2, -0.15) is 0 Å². The quantitative estimate of drug-likeness (QED) is 0.199. The Bertz CT molecular complexity index is 1480. The minimum absolute atomic E-state index is 0.000705. The summed E-state index contributed by atoms with van der Waals surface area (Å²) in [4.78, 5) is 17.4. The molecule has 0 aliphatic rings. The number of carbonyl (C=O) groups excluding carboxylic acids is 1. The van der Waals surface area contributed by atoms with Gasteiger partial charge in [-0.1, -0.05) is 30.3 Å². The molecule has 0 aliphatic heterocycles. The third-order valence-corrected chi connectivity index (χ3v) is 7.08. The number of halogens is 2. The molecule has 0 bridgehead atoms. The van der Waals surface area contributed by atoms with Gasteiger partial charge in [-0.25, -0.2) is 18.4 Å². The molecule has 182 valence electrons. The third-order valence-electron chi connectivity index (χ3n) is 5.89. The maximum absolute atomic E-state index is 15.7. The largest absolute Gasteiger partial charge is 0.506 e. The first-order valence-corrected chi connectivity index (χ1v) is 12.4. The highest BCUT2D eigenvalue weighted by atomic mass is 79.9. The Morgan fingerprint density at radius 3 is 2.63 bits per heavy atom. The first-order valence-electron chi connectivity index (χ1n) is 10.8. The van der Waals surface area contributed by atoms with Crippen LogP contribution in [0.2, 0.25) is 0 Å². The van der Waals surface area contributed by atoms with Gasteiger partial charge in [-0.15, -0.1) is 0 Å². The Balaban J connectivity index is 2.06. The van der Waals surface area contributed by atoms with Crippen molar-refractivity contribution >= 4 is 48.9 Å². The van der Waals surface area contributed by atoms with E-state index in [2.05, 4.69) is 20.9 Å². The first kappa shape index (κ1) is 24.9. The predicted molar refractivity (Wildman–Crippen MR) is 137 cm³/mol. The van der Waals surface area contributed by atoms with Gasteiger partial charge in [-0.3, -0.25) is 0 Å². The fourth-order valence-corrected chi connectivity index (χ4v) is 5.18. The molecule has 35 heavy (non-hydrogen) atoms. The van der Waals surface area contributed by atoms with Gasteiger partial charge in [-0.05, 0) is 41.4 Å². The van der Waals surface area contributed by atoms with E-state index in [-0.39, 0.29) is 46.3 Å². The number of rotatable bonds is 7. The number of hydrogen-bond donors (Lipinski definition) is 1. The highest BCUT2D eigenvalue weighted by Gasteiger charge is 2.33. The fraction of sp³-hybridized carbons (Fsp3) is 0.240. The Morgan fingerprint density at radius 2 is 2.03 bits per heavy atom. The van der Waals surface area contributed by atoms with E-state index in [1.165, 1.54) is 0 Å². The maximum Gasteiger partial charge on any atom is 0.341 e. The maximum atomic E-state index is 15.7. The zero-order valence-corrected chi connectivity index (χ0v) is 21.7. The number of hydrogen-bond acceptors (Lipinski definition) is 5. The average molecular weight is 560 g/mol. The summed E-state index contributed by atoms with van der Waals surface area (Å²) in [5.41, 5.74) is 1.41. The van der Waals surface area contributed by atoms with E-state index in [9.17, 15) is 14.1 Å². The molecule has 1 unspecified atom stereocenters. The van der Waals surface area contributed by atoms with Gasteiger partial charge in [0.1, 0.15) is 16.4 Å². The normalized spacial score (nSPS) is 12.0. The van der Waals surface area contributed by atoms with E-state index in [0.29, 0.717) is 32.3 Å². The smallest absolute Gasteiger partial charge is 0.341 e. The summed E-state index contributed by atoms with van der Waals surface area (Å²) in [5, 5.41) is 11.4. The van der Waals surface area contributed by atoms with Crippen molar-refractivity contribution in [2.24, 2.45) is 7.05 Å². The molecule has 7 nitrogen and oxygen atoms in total. The lowest BCUT2D eigenvalue weighted by Gasteiger charge is -2.13. The number of carbonyl (C=O) groups is 1. The van der Waals surface area contributed by atoms with Crippen LogP contribution in [0.3, 0.4) is 0 Å². The summed E-state index contributed by atoms with van der Waals surface area (Å²) >= 11 is 3.39. The molecule has 0 saturated carbocycles. The molecule has 0 aliphatic carbocycles. The van der Waals surface area contributed by atoms with E-state index in [1.54, 1.807) is 67.3 Å². The summed E-state index contributed by atoms with van der Waals surface area (Å²) in [6.45, 7) is 3.77. The van der Waals surface area contributed by atoms with E-state index in [4.69, 9.17) is 4.74 Å². The van der Waals surface area contributed by atoms with Crippen molar-refractivity contribution in [2.45, 2.75) is 26.6 Å². The molecule has 10 heteroatoms. The van der Waals surface area contributed by atoms with Crippen LogP contribution in [-0.2, 0) is 29.6 Å². The number of aromatic hydroxyl groups is 1. The van der Waals surface area contributed by atoms with E-state index < -0.39 is 12.1 Å². The Labute approximate surface area is 213 Å². The zero-order valence-electron chi connectivity index (χ0n) is 19.3. The molecule has 0 spiro atoms. The molecule has 2 heterocycles. The summed E-state index contributed by atoms with van der Waals surface area (Å²) in [6.07, 6.45) is 1.64. The van der Waals surface area contributed by atoms with Crippen LogP contribution >= 0.6 is 15.9 Å². The first-order chi connectivity index (χ1) is 16.8. The number of aromatic nitrogens is 3. The van der Waals surface area contributed by atoms with Crippen molar-refractivity contribution in [3.8, 4) is 5.75 Å². The van der Waals surface area contributed by atoms with Gasteiger partial charge in [0.15, 0.2) is 6.17 Å². The molecule has 0 fully saturated rings. The van der Waals surface area contributed by atoms with E-state index in [1.807, 2.05) is 11.5 Å². The van der Waals surface area contributed by atoms with Crippen molar-refractivity contribution in [3.05, 3.63) is 81.5 Å². The number of phenols is 1. The van der Waals surface area contributed by atoms with Crippen LogP contribution in [0.5, 0.6) is 5.75 Å². The molecule has 0 amide bonds. The lowest BCUT2D eigenvalue weighted by atomic mass is 9.99. The molecule has 4 rings (SSSR count). The second-order valence-corrected chi connectivity index (χ2v) is 9.37. The molecule has 4 aromatic rings. The molecule has 2 aromatic heterocycles. The zero-order chi connectivity index (χ0) is 25.3. The van der Waals surface area contributed by atoms with Crippen LogP contribution in [0.1, 0.15) is 46.1 Å². The van der Waals surface area contributed by atoms with Gasteiger partial charge < -0.3 is 19.0 Å². The fourth-order valence-electron chi connectivity index (χ4n) is 4.19. The van der Waals surface area contributed by atoms with Gasteiger partial charge in [0, 0.05) is 30.4 Å². The molecule has 0 radical (unpaired) electrons. The van der Waals surface area contributed by atoms with Crippen LogP contribution in [0.15, 0.2) is 53.3 Å². The summed E-state index contributed by atoms with van der Waals surface area (Å²) in [5.74, 6) is -0.0589. The minimum atomic E-state index is -1.76. The lowest BCUT2D eigenvalue weighted by Crippen LogP contribution is -2.18. The summed E-state index contributed by atoms with van der Waals surface area (Å²) in [7, 11) is 1.66. The number of phenolic OH excluding ortho intramolecular Hbond substituents is 1. The third kappa shape index (κ3) is 4.43. The van der Waals surface area contributed by atoms with Crippen LogP contribution in [0.4, 0.5) is 4.39 Å². The molecular weight excluding hydrogens is 537 g/mol. The number of aryl methyl sites for hydroxylation is 2.